The van der Waals surface area contributed by atoms with E-state index in [0.717, 1.165) is 53.6 Å². The van der Waals surface area contributed by atoms with Gasteiger partial charge in [-0.1, -0.05) is 24.3 Å². The van der Waals surface area contributed by atoms with Crippen molar-refractivity contribution < 1.29 is 9.13 Å². The highest BCUT2D eigenvalue weighted by molar-refractivity contribution is 5.63. The fraction of sp³-hybridized carbons (Fsp3) is 0.259. The summed E-state index contributed by atoms with van der Waals surface area (Å²) in [5.74, 6) is 0.732. The number of hydrogen-bond acceptors (Lipinski definition) is 5. The van der Waals surface area contributed by atoms with E-state index in [2.05, 4.69) is 34.3 Å². The van der Waals surface area contributed by atoms with Gasteiger partial charge in [-0.2, -0.15) is 5.10 Å². The van der Waals surface area contributed by atoms with Gasteiger partial charge in [-0.15, -0.1) is 0 Å². The summed E-state index contributed by atoms with van der Waals surface area (Å²) < 4.78 is 21.0. The third-order valence-electron chi connectivity index (χ3n) is 5.95. The van der Waals surface area contributed by atoms with Crippen LogP contribution in [0.15, 0.2) is 79.1 Å². The summed E-state index contributed by atoms with van der Waals surface area (Å²) in [4.78, 5) is 6.92. The van der Waals surface area contributed by atoms with Crippen molar-refractivity contribution in [3.63, 3.8) is 0 Å². The third-order valence-corrected chi connectivity index (χ3v) is 5.95. The molecule has 1 unspecified atom stereocenters. The maximum absolute atomic E-state index is 13.5. The molecule has 174 valence electrons. The van der Waals surface area contributed by atoms with Crippen LogP contribution in [0.25, 0.3) is 16.9 Å². The number of aromatic nitrogens is 3. The van der Waals surface area contributed by atoms with Crippen molar-refractivity contribution in [1.29, 1.82) is 0 Å². The molecule has 7 heteroatoms. The van der Waals surface area contributed by atoms with Crippen molar-refractivity contribution in [2.24, 2.45) is 0 Å². The first-order valence-corrected chi connectivity index (χ1v) is 11.6. The third kappa shape index (κ3) is 5.16. The van der Waals surface area contributed by atoms with Crippen LogP contribution in [0.2, 0.25) is 0 Å². The molecule has 34 heavy (non-hydrogen) atoms. The molecular formula is C27H28FN5O. The molecule has 4 aromatic rings. The Kier molecular flexibility index (Phi) is 6.65. The largest absolute Gasteiger partial charge is 0.375 e. The Bertz CT molecular complexity index is 1210. The molecule has 1 fully saturated rings. The molecule has 1 N–H and O–H groups in total. The molecule has 2 aromatic heterocycles. The standard InChI is InChI=1S/C27H28FN5O/c1-20-18-32(13-14-34-20)26-12-7-21(16-30-26)15-29-17-23-19-33(25-5-3-2-4-6-25)31-27(23)22-8-10-24(28)11-9-22/h2-12,16,19-20,29H,13-15,17-18H2,1H3. The predicted molar refractivity (Wildman–Crippen MR) is 131 cm³/mol. The van der Waals surface area contributed by atoms with Crippen LogP contribution in [-0.2, 0) is 17.8 Å². The van der Waals surface area contributed by atoms with Gasteiger partial charge in [0, 0.05) is 49.7 Å². The van der Waals surface area contributed by atoms with Crippen LogP contribution in [0.3, 0.4) is 0 Å². The molecular weight excluding hydrogens is 429 g/mol. The van der Waals surface area contributed by atoms with E-state index < -0.39 is 0 Å². The summed E-state index contributed by atoms with van der Waals surface area (Å²) in [5, 5.41) is 8.31. The molecule has 2 aromatic carbocycles. The van der Waals surface area contributed by atoms with E-state index in [1.807, 2.05) is 47.4 Å². The summed E-state index contributed by atoms with van der Waals surface area (Å²) in [6.07, 6.45) is 4.18. The molecule has 0 bridgehead atoms. The van der Waals surface area contributed by atoms with Crippen LogP contribution in [-0.4, -0.2) is 40.6 Å². The first-order valence-electron chi connectivity index (χ1n) is 11.6. The first kappa shape index (κ1) is 22.3. The van der Waals surface area contributed by atoms with Gasteiger partial charge in [-0.05, 0) is 55.0 Å². The van der Waals surface area contributed by atoms with Crippen molar-refractivity contribution in [3.05, 3.63) is 96.1 Å². The van der Waals surface area contributed by atoms with Gasteiger partial charge in [-0.25, -0.2) is 14.1 Å². The van der Waals surface area contributed by atoms with Gasteiger partial charge in [0.1, 0.15) is 11.6 Å². The summed E-state index contributed by atoms with van der Waals surface area (Å²) in [7, 11) is 0. The number of para-hydroxylation sites is 1. The van der Waals surface area contributed by atoms with E-state index in [4.69, 9.17) is 9.84 Å². The smallest absolute Gasteiger partial charge is 0.128 e. The summed E-state index contributed by atoms with van der Waals surface area (Å²) in [6.45, 7) is 5.87. The van der Waals surface area contributed by atoms with E-state index >= 15 is 0 Å². The van der Waals surface area contributed by atoms with Crippen LogP contribution in [0.4, 0.5) is 10.2 Å². The minimum absolute atomic E-state index is 0.226. The second-order valence-corrected chi connectivity index (χ2v) is 8.55. The average Bonchev–Trinajstić information content (AvgIpc) is 3.30. The van der Waals surface area contributed by atoms with E-state index in [0.29, 0.717) is 13.1 Å². The Balaban J connectivity index is 1.29. The highest BCUT2D eigenvalue weighted by Crippen LogP contribution is 2.24. The highest BCUT2D eigenvalue weighted by Gasteiger charge is 2.18. The number of morpholine rings is 1. The number of halogens is 1. The number of anilines is 1. The average molecular weight is 458 g/mol. The van der Waals surface area contributed by atoms with Crippen molar-refractivity contribution >= 4 is 5.82 Å². The highest BCUT2D eigenvalue weighted by atomic mass is 19.1. The van der Waals surface area contributed by atoms with Gasteiger partial charge >= 0.3 is 0 Å². The maximum atomic E-state index is 13.5. The molecule has 1 saturated heterocycles. The molecule has 0 spiro atoms. The molecule has 0 aliphatic carbocycles. The normalized spacial score (nSPS) is 16.1. The van der Waals surface area contributed by atoms with Gasteiger partial charge in [0.15, 0.2) is 0 Å². The first-order chi connectivity index (χ1) is 16.7. The maximum Gasteiger partial charge on any atom is 0.128 e. The van der Waals surface area contributed by atoms with Crippen molar-refractivity contribution in [2.45, 2.75) is 26.1 Å². The number of nitrogens with zero attached hydrogens (tertiary/aromatic N) is 4. The zero-order valence-electron chi connectivity index (χ0n) is 19.2. The topological polar surface area (TPSA) is 55.2 Å². The molecule has 3 heterocycles. The summed E-state index contributed by atoms with van der Waals surface area (Å²) in [6, 6.07) is 20.7. The monoisotopic (exact) mass is 457 g/mol. The van der Waals surface area contributed by atoms with Gasteiger partial charge in [0.25, 0.3) is 0 Å². The quantitative estimate of drug-likeness (QED) is 0.440. The molecule has 0 radical (unpaired) electrons. The minimum Gasteiger partial charge on any atom is -0.375 e. The lowest BCUT2D eigenvalue weighted by Crippen LogP contribution is -2.41. The van der Waals surface area contributed by atoms with E-state index in [-0.39, 0.29) is 11.9 Å². The Hall–Kier alpha value is -3.55. The Morgan fingerprint density at radius 3 is 2.59 bits per heavy atom. The Morgan fingerprint density at radius 2 is 1.85 bits per heavy atom. The zero-order chi connectivity index (χ0) is 23.3. The molecule has 0 saturated carbocycles. The van der Waals surface area contributed by atoms with Crippen molar-refractivity contribution in [3.8, 4) is 16.9 Å². The van der Waals surface area contributed by atoms with Gasteiger partial charge in [0.05, 0.1) is 24.1 Å². The van der Waals surface area contributed by atoms with Crippen LogP contribution in [0.5, 0.6) is 0 Å². The fourth-order valence-corrected chi connectivity index (χ4v) is 4.18. The minimum atomic E-state index is -0.256. The lowest BCUT2D eigenvalue weighted by atomic mass is 10.1. The van der Waals surface area contributed by atoms with Crippen LogP contribution < -0.4 is 10.2 Å². The number of benzene rings is 2. The fourth-order valence-electron chi connectivity index (χ4n) is 4.18. The van der Waals surface area contributed by atoms with Gasteiger partial charge < -0.3 is 15.0 Å². The van der Waals surface area contributed by atoms with Crippen molar-refractivity contribution in [2.75, 3.05) is 24.6 Å². The predicted octanol–water partition coefficient (Wildman–Crippen LogP) is 4.59. The number of pyridine rings is 1. The Labute approximate surface area is 199 Å². The molecule has 6 nitrogen and oxygen atoms in total. The van der Waals surface area contributed by atoms with E-state index in [9.17, 15) is 4.39 Å². The summed E-state index contributed by atoms with van der Waals surface area (Å²) >= 11 is 0. The molecule has 0 amide bonds. The molecule has 5 rings (SSSR count). The SMILES string of the molecule is CC1CN(c2ccc(CNCc3cn(-c4ccccc4)nc3-c3ccc(F)cc3)cn2)CCO1. The molecule has 1 aliphatic rings. The summed E-state index contributed by atoms with van der Waals surface area (Å²) in [5.41, 5.74) is 4.87. The van der Waals surface area contributed by atoms with Crippen LogP contribution in [0, 0.1) is 5.82 Å². The second-order valence-electron chi connectivity index (χ2n) is 8.55. The lowest BCUT2D eigenvalue weighted by molar-refractivity contribution is 0.0529. The number of hydrogen-bond donors (Lipinski definition) is 1. The Morgan fingerprint density at radius 1 is 1.03 bits per heavy atom. The molecule has 1 aliphatic heterocycles. The number of ether oxygens (including phenoxy) is 1. The van der Waals surface area contributed by atoms with Crippen LogP contribution >= 0.6 is 0 Å². The van der Waals surface area contributed by atoms with Gasteiger partial charge in [0.2, 0.25) is 0 Å². The number of rotatable bonds is 7. The van der Waals surface area contributed by atoms with Crippen molar-refractivity contribution in [1.82, 2.24) is 20.1 Å². The van der Waals surface area contributed by atoms with Gasteiger partial charge in [-0.3, -0.25) is 0 Å². The van der Waals surface area contributed by atoms with E-state index in [1.165, 1.54) is 12.1 Å². The lowest BCUT2D eigenvalue weighted by Gasteiger charge is -2.32. The van der Waals surface area contributed by atoms with Crippen LogP contribution in [0.1, 0.15) is 18.1 Å². The molecule has 1 atom stereocenters. The zero-order valence-corrected chi connectivity index (χ0v) is 19.2. The van der Waals surface area contributed by atoms with E-state index in [1.54, 1.807) is 12.1 Å². The second kappa shape index (κ2) is 10.2. The number of nitrogens with one attached hydrogen (secondary N) is 1.